The Labute approximate surface area is 126 Å². The Morgan fingerprint density at radius 1 is 1.48 bits per heavy atom. The summed E-state index contributed by atoms with van der Waals surface area (Å²) >= 11 is 0. The van der Waals surface area contributed by atoms with Crippen molar-refractivity contribution < 1.29 is 9.13 Å². The van der Waals surface area contributed by atoms with Crippen LogP contribution in [0.3, 0.4) is 0 Å². The molecule has 0 aliphatic heterocycles. The quantitative estimate of drug-likeness (QED) is 0.711. The first-order chi connectivity index (χ1) is 10.1. The first-order valence-electron chi connectivity index (χ1n) is 7.73. The van der Waals surface area contributed by atoms with Crippen molar-refractivity contribution in [3.63, 3.8) is 0 Å². The third kappa shape index (κ3) is 5.59. The summed E-state index contributed by atoms with van der Waals surface area (Å²) in [7, 11) is 1.97. The summed E-state index contributed by atoms with van der Waals surface area (Å²) in [6.07, 6.45) is 3.89. The van der Waals surface area contributed by atoms with Gasteiger partial charge in [-0.15, -0.1) is 0 Å². The van der Waals surface area contributed by atoms with Gasteiger partial charge in [-0.1, -0.05) is 13.8 Å². The predicted molar refractivity (Wildman–Crippen MR) is 83.0 cm³/mol. The number of ether oxygens (including phenoxy) is 1. The molecule has 118 valence electrons. The van der Waals surface area contributed by atoms with Gasteiger partial charge in [0.15, 0.2) is 0 Å². The fourth-order valence-electron chi connectivity index (χ4n) is 2.10. The molecule has 2 rings (SSSR count). The molecule has 4 nitrogen and oxygen atoms in total. The van der Waals surface area contributed by atoms with Crippen molar-refractivity contribution in [2.75, 3.05) is 31.7 Å². The van der Waals surface area contributed by atoms with Gasteiger partial charge in [-0.3, -0.25) is 0 Å². The number of halogens is 1. The Bertz CT molecular complexity index is 449. The lowest BCUT2D eigenvalue weighted by Gasteiger charge is -2.22. The van der Waals surface area contributed by atoms with Gasteiger partial charge in [-0.05, 0) is 24.8 Å². The Morgan fingerprint density at radius 2 is 2.24 bits per heavy atom. The number of likely N-dealkylation sites (N-methyl/N-ethyl adjacent to an activating group) is 1. The lowest BCUT2D eigenvalue weighted by Crippen LogP contribution is -2.28. The molecule has 0 unspecified atom stereocenters. The largest absolute Gasteiger partial charge is 0.379 e. The van der Waals surface area contributed by atoms with E-state index in [4.69, 9.17) is 4.74 Å². The molecule has 0 bridgehead atoms. The van der Waals surface area contributed by atoms with Crippen LogP contribution in [-0.2, 0) is 11.3 Å². The van der Waals surface area contributed by atoms with Crippen molar-refractivity contribution >= 4 is 5.82 Å². The Balaban J connectivity index is 1.88. The topological polar surface area (TPSA) is 37.4 Å². The number of nitrogens with zero attached hydrogens (tertiary/aromatic N) is 2. The first-order valence-corrected chi connectivity index (χ1v) is 7.73. The second kappa shape index (κ2) is 7.71. The normalized spacial score (nSPS) is 14.7. The number of rotatable bonds is 9. The molecule has 1 aliphatic carbocycles. The van der Waals surface area contributed by atoms with Crippen LogP contribution >= 0.6 is 0 Å². The van der Waals surface area contributed by atoms with Crippen LogP contribution < -0.4 is 10.2 Å². The lowest BCUT2D eigenvalue weighted by atomic mass is 10.2. The number of pyridine rings is 1. The number of hydrogen-bond donors (Lipinski definition) is 1. The Hall–Kier alpha value is -1.20. The van der Waals surface area contributed by atoms with Crippen molar-refractivity contribution in [2.24, 2.45) is 5.92 Å². The molecule has 0 amide bonds. The van der Waals surface area contributed by atoms with E-state index in [-0.39, 0.29) is 5.82 Å². The zero-order chi connectivity index (χ0) is 15.2. The molecule has 1 fully saturated rings. The molecule has 1 aromatic heterocycles. The Morgan fingerprint density at radius 3 is 2.90 bits per heavy atom. The number of aromatic nitrogens is 1. The molecule has 1 aromatic rings. The fraction of sp³-hybridized carbons (Fsp3) is 0.688. The van der Waals surface area contributed by atoms with E-state index in [9.17, 15) is 4.39 Å². The standard InChI is InChI=1S/C16H26FN3O/c1-12(2)18-9-14-8-15(17)10-19-16(14)20(3)6-7-21-11-13-4-5-13/h8,10,12-13,18H,4-7,9,11H2,1-3H3. The summed E-state index contributed by atoms with van der Waals surface area (Å²) in [6, 6.07) is 1.91. The number of nitrogens with one attached hydrogen (secondary N) is 1. The third-order valence-corrected chi connectivity index (χ3v) is 3.59. The second-order valence-corrected chi connectivity index (χ2v) is 6.11. The van der Waals surface area contributed by atoms with E-state index < -0.39 is 0 Å². The van der Waals surface area contributed by atoms with Crippen molar-refractivity contribution in [3.8, 4) is 0 Å². The van der Waals surface area contributed by atoms with Gasteiger partial charge in [-0.25, -0.2) is 9.37 Å². The van der Waals surface area contributed by atoms with Crippen LogP contribution in [0.1, 0.15) is 32.3 Å². The summed E-state index contributed by atoms with van der Waals surface area (Å²) in [5.74, 6) is 1.31. The van der Waals surface area contributed by atoms with Gasteiger partial charge in [0.2, 0.25) is 0 Å². The molecule has 0 radical (unpaired) electrons. The highest BCUT2D eigenvalue weighted by atomic mass is 19.1. The first kappa shape index (κ1) is 16.2. The summed E-state index contributed by atoms with van der Waals surface area (Å²) < 4.78 is 19.1. The minimum Gasteiger partial charge on any atom is -0.379 e. The molecule has 0 atom stereocenters. The van der Waals surface area contributed by atoms with Crippen LogP contribution in [0.25, 0.3) is 0 Å². The van der Waals surface area contributed by atoms with Crippen LogP contribution in [0.5, 0.6) is 0 Å². The summed E-state index contributed by atoms with van der Waals surface area (Å²) in [5, 5.41) is 3.31. The van der Waals surface area contributed by atoms with Crippen molar-refractivity contribution in [1.29, 1.82) is 0 Å². The van der Waals surface area contributed by atoms with Gasteiger partial charge < -0.3 is 15.0 Å². The van der Waals surface area contributed by atoms with E-state index in [0.717, 1.165) is 30.5 Å². The molecular formula is C16H26FN3O. The summed E-state index contributed by atoms with van der Waals surface area (Å²) in [4.78, 5) is 6.27. The summed E-state index contributed by atoms with van der Waals surface area (Å²) in [6.45, 7) is 7.07. The molecule has 0 spiro atoms. The molecular weight excluding hydrogens is 269 g/mol. The highest BCUT2D eigenvalue weighted by Gasteiger charge is 2.21. The van der Waals surface area contributed by atoms with Crippen molar-refractivity contribution in [1.82, 2.24) is 10.3 Å². The van der Waals surface area contributed by atoms with E-state index in [2.05, 4.69) is 24.1 Å². The number of hydrogen-bond acceptors (Lipinski definition) is 4. The third-order valence-electron chi connectivity index (χ3n) is 3.59. The smallest absolute Gasteiger partial charge is 0.141 e. The van der Waals surface area contributed by atoms with E-state index in [1.54, 1.807) is 6.07 Å². The molecule has 1 N–H and O–H groups in total. The minimum atomic E-state index is -0.294. The molecule has 5 heteroatoms. The molecule has 1 heterocycles. The highest BCUT2D eigenvalue weighted by molar-refractivity contribution is 5.46. The van der Waals surface area contributed by atoms with Crippen LogP contribution in [0.15, 0.2) is 12.3 Å². The van der Waals surface area contributed by atoms with E-state index >= 15 is 0 Å². The van der Waals surface area contributed by atoms with Crippen LogP contribution in [0.4, 0.5) is 10.2 Å². The van der Waals surface area contributed by atoms with Gasteiger partial charge >= 0.3 is 0 Å². The van der Waals surface area contributed by atoms with Crippen LogP contribution in [0.2, 0.25) is 0 Å². The molecule has 0 aromatic carbocycles. The molecule has 0 saturated heterocycles. The van der Waals surface area contributed by atoms with Gasteiger partial charge in [0.1, 0.15) is 11.6 Å². The van der Waals surface area contributed by atoms with E-state index in [1.165, 1.54) is 19.0 Å². The maximum absolute atomic E-state index is 13.4. The Kier molecular flexibility index (Phi) is 5.94. The lowest BCUT2D eigenvalue weighted by molar-refractivity contribution is 0.130. The van der Waals surface area contributed by atoms with Crippen LogP contribution in [0, 0.1) is 11.7 Å². The van der Waals surface area contributed by atoms with Gasteiger partial charge in [0.25, 0.3) is 0 Å². The van der Waals surface area contributed by atoms with Crippen LogP contribution in [-0.4, -0.2) is 37.8 Å². The van der Waals surface area contributed by atoms with E-state index in [1.807, 2.05) is 11.9 Å². The second-order valence-electron chi connectivity index (χ2n) is 6.11. The number of anilines is 1. The van der Waals surface area contributed by atoms with Gasteiger partial charge in [-0.2, -0.15) is 0 Å². The molecule has 1 aliphatic rings. The zero-order valence-corrected chi connectivity index (χ0v) is 13.2. The monoisotopic (exact) mass is 295 g/mol. The summed E-state index contributed by atoms with van der Waals surface area (Å²) in [5.41, 5.74) is 0.883. The average Bonchev–Trinajstić information content (AvgIpc) is 3.25. The highest BCUT2D eigenvalue weighted by Crippen LogP contribution is 2.28. The fourth-order valence-corrected chi connectivity index (χ4v) is 2.10. The predicted octanol–water partition coefficient (Wildman–Crippen LogP) is 2.58. The average molecular weight is 295 g/mol. The SMILES string of the molecule is CC(C)NCc1cc(F)cnc1N(C)CCOCC1CC1. The molecule has 1 saturated carbocycles. The van der Waals surface area contributed by atoms with Gasteiger partial charge in [0, 0.05) is 38.3 Å². The maximum atomic E-state index is 13.4. The zero-order valence-electron chi connectivity index (χ0n) is 13.2. The van der Waals surface area contributed by atoms with E-state index in [0.29, 0.717) is 19.2 Å². The minimum absolute atomic E-state index is 0.294. The maximum Gasteiger partial charge on any atom is 0.141 e. The molecule has 21 heavy (non-hydrogen) atoms. The van der Waals surface area contributed by atoms with Crippen molar-refractivity contribution in [2.45, 2.75) is 39.3 Å². The van der Waals surface area contributed by atoms with Gasteiger partial charge in [0.05, 0.1) is 12.8 Å². The van der Waals surface area contributed by atoms with Crippen molar-refractivity contribution in [3.05, 3.63) is 23.6 Å².